The summed E-state index contributed by atoms with van der Waals surface area (Å²) in [6, 6.07) is 1.67. The van der Waals surface area contributed by atoms with E-state index >= 15 is 0 Å². The van der Waals surface area contributed by atoms with Crippen LogP contribution in [0.15, 0.2) is 0 Å². The molecule has 0 saturated carbocycles. The fourth-order valence-electron chi connectivity index (χ4n) is 1.49. The van der Waals surface area contributed by atoms with Crippen LogP contribution in [0, 0.1) is 11.3 Å². The maximum absolute atomic E-state index is 11.5. The minimum Gasteiger partial charge on any atom is -0.354 e. The van der Waals surface area contributed by atoms with E-state index in [-0.39, 0.29) is 17.1 Å². The molecule has 7 heteroatoms. The third-order valence-electron chi connectivity index (χ3n) is 2.27. The molecule has 5 nitrogen and oxygen atoms in total. The second kappa shape index (κ2) is 4.68. The normalized spacial score (nSPS) is 20.0. The molecule has 0 bridgehead atoms. The van der Waals surface area contributed by atoms with E-state index in [1.807, 2.05) is 6.07 Å². The van der Waals surface area contributed by atoms with Gasteiger partial charge in [0.1, 0.15) is 17.0 Å². The van der Waals surface area contributed by atoms with Gasteiger partial charge in [0.05, 0.1) is 0 Å². The Balaban J connectivity index is 2.08. The maximum atomic E-state index is 11.5. The van der Waals surface area contributed by atoms with Gasteiger partial charge in [-0.15, -0.1) is 0 Å². The lowest BCUT2D eigenvalue weighted by atomic mass is 10.1. The SMILES string of the molecule is N#Cc1sc(NC2CCCNC2=O)nc1Cl. The van der Waals surface area contributed by atoms with Gasteiger partial charge >= 0.3 is 0 Å². The van der Waals surface area contributed by atoms with Crippen molar-refractivity contribution in [2.24, 2.45) is 0 Å². The Morgan fingerprint density at radius 3 is 3.12 bits per heavy atom. The average Bonchev–Trinajstić information content (AvgIpc) is 2.62. The second-order valence-electron chi connectivity index (χ2n) is 3.38. The molecule has 2 heterocycles. The van der Waals surface area contributed by atoms with E-state index in [1.165, 1.54) is 0 Å². The monoisotopic (exact) mass is 256 g/mol. The number of aromatic nitrogens is 1. The Morgan fingerprint density at radius 2 is 2.50 bits per heavy atom. The molecule has 2 rings (SSSR count). The number of rotatable bonds is 2. The number of carbonyl (C=O) groups is 1. The Hall–Kier alpha value is -1.32. The molecule has 1 unspecified atom stereocenters. The number of carbonyl (C=O) groups excluding carboxylic acids is 1. The van der Waals surface area contributed by atoms with Crippen molar-refractivity contribution in [3.8, 4) is 6.07 Å². The van der Waals surface area contributed by atoms with Gasteiger partial charge < -0.3 is 10.6 Å². The van der Waals surface area contributed by atoms with Gasteiger partial charge in [0.2, 0.25) is 5.91 Å². The number of thiazole rings is 1. The maximum Gasteiger partial charge on any atom is 0.242 e. The zero-order valence-corrected chi connectivity index (χ0v) is 9.86. The Morgan fingerprint density at radius 1 is 1.69 bits per heavy atom. The summed E-state index contributed by atoms with van der Waals surface area (Å²) in [7, 11) is 0. The van der Waals surface area contributed by atoms with Crippen LogP contribution in [0.1, 0.15) is 17.7 Å². The van der Waals surface area contributed by atoms with E-state index in [2.05, 4.69) is 15.6 Å². The molecule has 1 fully saturated rings. The van der Waals surface area contributed by atoms with Gasteiger partial charge in [-0.3, -0.25) is 4.79 Å². The van der Waals surface area contributed by atoms with E-state index < -0.39 is 0 Å². The minimum atomic E-state index is -0.275. The van der Waals surface area contributed by atoms with Crippen LogP contribution in [0.4, 0.5) is 5.13 Å². The first-order valence-corrected chi connectivity index (χ1v) is 6.01. The van der Waals surface area contributed by atoms with Crippen LogP contribution >= 0.6 is 22.9 Å². The molecule has 1 atom stereocenters. The molecule has 84 valence electrons. The highest BCUT2D eigenvalue weighted by Crippen LogP contribution is 2.27. The van der Waals surface area contributed by atoms with Gasteiger partial charge in [0.15, 0.2) is 10.3 Å². The zero-order valence-electron chi connectivity index (χ0n) is 8.29. The van der Waals surface area contributed by atoms with Gasteiger partial charge in [0, 0.05) is 6.54 Å². The van der Waals surface area contributed by atoms with Crippen LogP contribution in [0.3, 0.4) is 0 Å². The third-order valence-corrected chi connectivity index (χ3v) is 3.55. The van der Waals surface area contributed by atoms with E-state index in [4.69, 9.17) is 16.9 Å². The lowest BCUT2D eigenvalue weighted by Gasteiger charge is -2.22. The highest BCUT2D eigenvalue weighted by molar-refractivity contribution is 7.16. The highest BCUT2D eigenvalue weighted by Gasteiger charge is 2.23. The van der Waals surface area contributed by atoms with Crippen molar-refractivity contribution in [1.29, 1.82) is 5.26 Å². The number of hydrogen-bond donors (Lipinski definition) is 2. The van der Waals surface area contributed by atoms with Crippen molar-refractivity contribution in [3.05, 3.63) is 10.0 Å². The van der Waals surface area contributed by atoms with Crippen molar-refractivity contribution < 1.29 is 4.79 Å². The lowest BCUT2D eigenvalue weighted by Crippen LogP contribution is -2.44. The number of amides is 1. The summed E-state index contributed by atoms with van der Waals surface area (Å²) in [5.74, 6) is -0.0314. The van der Waals surface area contributed by atoms with Gasteiger partial charge in [0.25, 0.3) is 0 Å². The summed E-state index contributed by atoms with van der Waals surface area (Å²) in [6.45, 7) is 0.721. The zero-order chi connectivity index (χ0) is 11.5. The first kappa shape index (κ1) is 11.2. The standard InChI is InChI=1S/C9H9ClN4OS/c10-7-6(4-11)16-9(14-7)13-5-2-1-3-12-8(5)15/h5H,1-3H2,(H,12,15)(H,13,14). The first-order valence-electron chi connectivity index (χ1n) is 4.81. The average molecular weight is 257 g/mol. The fourth-order valence-corrected chi connectivity index (χ4v) is 2.49. The number of halogens is 1. The summed E-state index contributed by atoms with van der Waals surface area (Å²) in [5, 5.41) is 15.2. The van der Waals surface area contributed by atoms with Crippen molar-refractivity contribution in [1.82, 2.24) is 10.3 Å². The number of nitriles is 1. The number of hydrogen-bond acceptors (Lipinski definition) is 5. The van der Waals surface area contributed by atoms with E-state index in [1.54, 1.807) is 0 Å². The van der Waals surface area contributed by atoms with Gasteiger partial charge in [-0.2, -0.15) is 5.26 Å². The van der Waals surface area contributed by atoms with E-state index in [0.717, 1.165) is 30.7 Å². The van der Waals surface area contributed by atoms with Gasteiger partial charge in [-0.1, -0.05) is 22.9 Å². The molecule has 1 aromatic rings. The van der Waals surface area contributed by atoms with Crippen LogP contribution < -0.4 is 10.6 Å². The van der Waals surface area contributed by atoms with E-state index in [0.29, 0.717) is 10.0 Å². The van der Waals surface area contributed by atoms with Crippen molar-refractivity contribution in [3.63, 3.8) is 0 Å². The predicted molar refractivity (Wildman–Crippen MR) is 61.5 cm³/mol. The van der Waals surface area contributed by atoms with Crippen LogP contribution in [-0.2, 0) is 4.79 Å². The molecule has 1 aliphatic heterocycles. The molecule has 0 aliphatic carbocycles. The summed E-state index contributed by atoms with van der Waals surface area (Å²) in [5.41, 5.74) is 0. The molecule has 1 aromatic heterocycles. The molecule has 0 spiro atoms. The van der Waals surface area contributed by atoms with Crippen LogP contribution in [0.5, 0.6) is 0 Å². The molecule has 1 saturated heterocycles. The molecular weight excluding hydrogens is 248 g/mol. The Kier molecular flexibility index (Phi) is 3.27. The summed E-state index contributed by atoms with van der Waals surface area (Å²) >= 11 is 6.90. The first-order chi connectivity index (χ1) is 7.70. The topological polar surface area (TPSA) is 77.8 Å². The number of anilines is 1. The molecule has 1 aliphatic rings. The smallest absolute Gasteiger partial charge is 0.242 e. The van der Waals surface area contributed by atoms with Crippen molar-refractivity contribution in [2.75, 3.05) is 11.9 Å². The molecular formula is C9H9ClN4OS. The van der Waals surface area contributed by atoms with Gasteiger partial charge in [-0.25, -0.2) is 4.98 Å². The number of piperidine rings is 1. The van der Waals surface area contributed by atoms with Crippen molar-refractivity contribution in [2.45, 2.75) is 18.9 Å². The van der Waals surface area contributed by atoms with Crippen LogP contribution in [0.2, 0.25) is 5.15 Å². The Bertz CT molecular complexity index is 453. The van der Waals surface area contributed by atoms with Crippen molar-refractivity contribution >= 4 is 34.0 Å². The second-order valence-corrected chi connectivity index (χ2v) is 4.74. The molecule has 0 radical (unpaired) electrons. The molecule has 2 N–H and O–H groups in total. The number of nitrogens with zero attached hydrogens (tertiary/aromatic N) is 2. The highest BCUT2D eigenvalue weighted by atomic mass is 35.5. The minimum absolute atomic E-state index is 0.0314. The van der Waals surface area contributed by atoms with Crippen LogP contribution in [0.25, 0.3) is 0 Å². The molecule has 0 aromatic carbocycles. The molecule has 16 heavy (non-hydrogen) atoms. The van der Waals surface area contributed by atoms with E-state index in [9.17, 15) is 4.79 Å². The summed E-state index contributed by atoms with van der Waals surface area (Å²) in [6.07, 6.45) is 1.71. The Labute approximate surface area is 101 Å². The third kappa shape index (κ3) is 2.26. The summed E-state index contributed by atoms with van der Waals surface area (Å²) in [4.78, 5) is 15.8. The fraction of sp³-hybridized carbons (Fsp3) is 0.444. The molecule has 1 amide bonds. The van der Waals surface area contributed by atoms with Gasteiger partial charge in [-0.05, 0) is 12.8 Å². The largest absolute Gasteiger partial charge is 0.354 e. The quantitative estimate of drug-likeness (QED) is 0.838. The number of nitrogens with one attached hydrogen (secondary N) is 2. The lowest BCUT2D eigenvalue weighted by molar-refractivity contribution is -0.123. The van der Waals surface area contributed by atoms with Crippen LogP contribution in [-0.4, -0.2) is 23.5 Å². The summed E-state index contributed by atoms with van der Waals surface area (Å²) < 4.78 is 0. The predicted octanol–water partition coefficient (Wildman–Crippen LogP) is 1.36.